The summed E-state index contributed by atoms with van der Waals surface area (Å²) in [7, 11) is 0. The maximum atomic E-state index is 12.1. The Bertz CT molecular complexity index is 610. The van der Waals surface area contributed by atoms with Gasteiger partial charge >= 0.3 is 0 Å². The zero-order valence-electron chi connectivity index (χ0n) is 10.6. The van der Waals surface area contributed by atoms with Crippen LogP contribution in [0.4, 0.5) is 10.1 Å². The molecule has 4 nitrogen and oxygen atoms in total. The van der Waals surface area contributed by atoms with Crippen LogP contribution in [-0.2, 0) is 0 Å². The number of halogens is 1. The van der Waals surface area contributed by atoms with Gasteiger partial charge in [-0.05, 0) is 18.1 Å². The molecule has 2 rings (SSSR count). The van der Waals surface area contributed by atoms with Gasteiger partial charge in [-0.25, -0.2) is 4.98 Å². The minimum atomic E-state index is -0.283. The second-order valence-electron chi connectivity index (χ2n) is 4.36. The van der Waals surface area contributed by atoms with Gasteiger partial charge in [-0.3, -0.25) is 10.1 Å². The third-order valence-electron chi connectivity index (χ3n) is 2.57. The van der Waals surface area contributed by atoms with Crippen molar-refractivity contribution in [1.82, 2.24) is 4.98 Å². The molecule has 3 N–H and O–H groups in total. The van der Waals surface area contributed by atoms with Crippen LogP contribution in [0.5, 0.6) is 0 Å². The maximum Gasteiger partial charge on any atom is 0.258 e. The lowest BCUT2D eigenvalue weighted by Gasteiger charge is -2.03. The highest BCUT2D eigenvalue weighted by Gasteiger charge is 2.15. The molecule has 0 aliphatic rings. The van der Waals surface area contributed by atoms with Crippen molar-refractivity contribution in [2.24, 2.45) is 0 Å². The Morgan fingerprint density at radius 2 is 2.11 bits per heavy atom. The van der Waals surface area contributed by atoms with Crippen LogP contribution >= 0.6 is 22.9 Å². The number of nitrogens with two attached hydrogens (primary N) is 1. The number of nitrogens with one attached hydrogen (secondary N) is 1. The van der Waals surface area contributed by atoms with Gasteiger partial charge in [0, 0.05) is 0 Å². The molecule has 1 aromatic heterocycles. The highest BCUT2D eigenvalue weighted by atomic mass is 35.5. The van der Waals surface area contributed by atoms with Gasteiger partial charge in [0.25, 0.3) is 5.91 Å². The van der Waals surface area contributed by atoms with E-state index < -0.39 is 0 Å². The molecule has 0 radical (unpaired) electrons. The molecule has 0 atom stereocenters. The van der Waals surface area contributed by atoms with Crippen molar-refractivity contribution in [3.63, 3.8) is 0 Å². The van der Waals surface area contributed by atoms with E-state index in [0.717, 1.165) is 5.69 Å². The molecule has 0 saturated carbocycles. The Labute approximate surface area is 120 Å². The van der Waals surface area contributed by atoms with E-state index in [9.17, 15) is 4.79 Å². The van der Waals surface area contributed by atoms with Gasteiger partial charge in [-0.1, -0.05) is 48.9 Å². The Kier molecular flexibility index (Phi) is 4.07. The molecule has 0 unspecified atom stereocenters. The second-order valence-corrected chi connectivity index (χ2v) is 5.80. The average Bonchev–Trinajstić information content (AvgIpc) is 2.70. The lowest BCUT2D eigenvalue weighted by Crippen LogP contribution is -2.12. The summed E-state index contributed by atoms with van der Waals surface area (Å²) in [5.74, 6) is -0.0585. The summed E-state index contributed by atoms with van der Waals surface area (Å²) >= 11 is 7.23. The topological polar surface area (TPSA) is 68.0 Å². The molecule has 0 fully saturated rings. The number of rotatable bonds is 3. The minimum Gasteiger partial charge on any atom is -0.389 e. The van der Waals surface area contributed by atoms with Crippen LogP contribution in [-0.4, -0.2) is 10.9 Å². The summed E-state index contributed by atoms with van der Waals surface area (Å²) in [6.07, 6.45) is 0. The van der Waals surface area contributed by atoms with E-state index in [-0.39, 0.29) is 11.8 Å². The maximum absolute atomic E-state index is 12.1. The van der Waals surface area contributed by atoms with Crippen LogP contribution in [0.1, 0.15) is 35.8 Å². The number of anilines is 2. The van der Waals surface area contributed by atoms with Crippen molar-refractivity contribution < 1.29 is 4.79 Å². The molecule has 2 aromatic rings. The van der Waals surface area contributed by atoms with Gasteiger partial charge in [0.15, 0.2) is 5.13 Å². The van der Waals surface area contributed by atoms with E-state index in [0.29, 0.717) is 20.7 Å². The monoisotopic (exact) mass is 295 g/mol. The molecular weight excluding hydrogens is 282 g/mol. The fraction of sp³-hybridized carbons (Fsp3) is 0.231. The van der Waals surface area contributed by atoms with Gasteiger partial charge in [-0.2, -0.15) is 0 Å². The Hall–Kier alpha value is -1.59. The number of carbonyl (C=O) groups is 1. The van der Waals surface area contributed by atoms with E-state index in [1.807, 2.05) is 13.8 Å². The number of aromatic nitrogens is 1. The minimum absolute atomic E-state index is 0.224. The Morgan fingerprint density at radius 1 is 1.42 bits per heavy atom. The van der Waals surface area contributed by atoms with Crippen LogP contribution in [0, 0.1) is 0 Å². The van der Waals surface area contributed by atoms with E-state index in [1.165, 1.54) is 11.3 Å². The number of benzene rings is 1. The molecule has 6 heteroatoms. The van der Waals surface area contributed by atoms with E-state index >= 15 is 0 Å². The lowest BCUT2D eigenvalue weighted by molar-refractivity contribution is 0.102. The van der Waals surface area contributed by atoms with Crippen molar-refractivity contribution in [3.05, 3.63) is 40.5 Å². The predicted molar refractivity (Wildman–Crippen MR) is 80.0 cm³/mol. The largest absolute Gasteiger partial charge is 0.389 e. The summed E-state index contributed by atoms with van der Waals surface area (Å²) in [6.45, 7) is 4.01. The number of nitrogen functional groups attached to an aromatic ring is 1. The standard InChI is InChI=1S/C13H14ClN3OS/c1-7(2)10-11(15)19-13(16-10)17-12(18)8-5-3-4-6-9(8)14/h3-7H,15H2,1-2H3,(H,16,17,18). The third-order valence-corrected chi connectivity index (χ3v) is 3.71. The third kappa shape index (κ3) is 3.05. The van der Waals surface area contributed by atoms with Gasteiger partial charge in [0.1, 0.15) is 5.00 Å². The Morgan fingerprint density at radius 3 is 2.68 bits per heavy atom. The van der Waals surface area contributed by atoms with Crippen molar-refractivity contribution in [1.29, 1.82) is 0 Å². The van der Waals surface area contributed by atoms with Crippen molar-refractivity contribution >= 4 is 39.0 Å². The highest BCUT2D eigenvalue weighted by molar-refractivity contribution is 7.19. The summed E-state index contributed by atoms with van der Waals surface area (Å²) in [5, 5.41) is 4.25. The molecule has 0 bridgehead atoms. The van der Waals surface area contributed by atoms with Crippen molar-refractivity contribution in [3.8, 4) is 0 Å². The first-order valence-electron chi connectivity index (χ1n) is 5.81. The van der Waals surface area contributed by atoms with Crippen LogP contribution in [0.15, 0.2) is 24.3 Å². The highest BCUT2D eigenvalue weighted by Crippen LogP contribution is 2.30. The molecule has 1 aromatic carbocycles. The zero-order chi connectivity index (χ0) is 14.0. The molecule has 1 heterocycles. The first-order valence-corrected chi connectivity index (χ1v) is 7.00. The first kappa shape index (κ1) is 13.8. The molecule has 1 amide bonds. The summed E-state index contributed by atoms with van der Waals surface area (Å²) in [6, 6.07) is 6.87. The van der Waals surface area contributed by atoms with Gasteiger partial charge in [0.2, 0.25) is 0 Å². The van der Waals surface area contributed by atoms with E-state index in [1.54, 1.807) is 24.3 Å². The molecule has 0 aliphatic heterocycles. The number of thiazole rings is 1. The number of carbonyl (C=O) groups excluding carboxylic acids is 1. The van der Waals surface area contributed by atoms with E-state index in [4.69, 9.17) is 17.3 Å². The van der Waals surface area contributed by atoms with Crippen LogP contribution in [0.2, 0.25) is 5.02 Å². The second kappa shape index (κ2) is 5.59. The van der Waals surface area contributed by atoms with Gasteiger partial charge in [0.05, 0.1) is 16.3 Å². The zero-order valence-corrected chi connectivity index (χ0v) is 12.2. The summed E-state index contributed by atoms with van der Waals surface area (Å²) in [4.78, 5) is 16.4. The van der Waals surface area contributed by atoms with Crippen LogP contribution in [0.25, 0.3) is 0 Å². The predicted octanol–water partition coefficient (Wildman–Crippen LogP) is 3.75. The molecular formula is C13H14ClN3OS. The van der Waals surface area contributed by atoms with Crippen LogP contribution in [0.3, 0.4) is 0 Å². The van der Waals surface area contributed by atoms with E-state index in [2.05, 4.69) is 10.3 Å². The average molecular weight is 296 g/mol. The van der Waals surface area contributed by atoms with Gasteiger partial charge in [-0.15, -0.1) is 0 Å². The number of amides is 1. The SMILES string of the molecule is CC(C)c1nc(NC(=O)c2ccccc2Cl)sc1N. The van der Waals surface area contributed by atoms with Crippen molar-refractivity contribution in [2.45, 2.75) is 19.8 Å². The summed E-state index contributed by atoms with van der Waals surface area (Å²) in [5.41, 5.74) is 7.09. The molecule has 19 heavy (non-hydrogen) atoms. The fourth-order valence-electron chi connectivity index (χ4n) is 1.62. The molecule has 0 spiro atoms. The van der Waals surface area contributed by atoms with Gasteiger partial charge < -0.3 is 5.73 Å². The number of hydrogen-bond donors (Lipinski definition) is 2. The lowest BCUT2D eigenvalue weighted by atomic mass is 10.1. The molecule has 100 valence electrons. The number of hydrogen-bond acceptors (Lipinski definition) is 4. The molecule has 0 saturated heterocycles. The summed E-state index contributed by atoms with van der Waals surface area (Å²) < 4.78 is 0. The number of nitrogens with zero attached hydrogens (tertiary/aromatic N) is 1. The quantitative estimate of drug-likeness (QED) is 0.906. The fourth-order valence-corrected chi connectivity index (χ4v) is 2.72. The van der Waals surface area contributed by atoms with Crippen LogP contribution < -0.4 is 11.1 Å². The Balaban J connectivity index is 2.20. The smallest absolute Gasteiger partial charge is 0.258 e. The molecule has 0 aliphatic carbocycles. The first-order chi connectivity index (χ1) is 8.99. The normalized spacial score (nSPS) is 10.7. The van der Waals surface area contributed by atoms with Crippen molar-refractivity contribution in [2.75, 3.05) is 11.1 Å².